The second kappa shape index (κ2) is 8.38. The van der Waals surface area contributed by atoms with Crippen molar-refractivity contribution in [2.75, 3.05) is 6.54 Å². The molecule has 2 bridgehead atoms. The summed E-state index contributed by atoms with van der Waals surface area (Å²) >= 11 is 0. The first kappa shape index (κ1) is 20.4. The maximum absolute atomic E-state index is 13.1. The molecular weight excluding hydrogens is 378 g/mol. The molecule has 1 aromatic carbocycles. The zero-order valence-electron chi connectivity index (χ0n) is 15.2. The highest BCUT2D eigenvalue weighted by atomic mass is 32.2. The third-order valence-electron chi connectivity index (χ3n) is 5.29. The van der Waals surface area contributed by atoms with E-state index in [0.717, 1.165) is 25.7 Å². The zero-order chi connectivity index (χ0) is 19.6. The minimum atomic E-state index is -3.68. The second-order valence-corrected chi connectivity index (χ2v) is 9.17. The van der Waals surface area contributed by atoms with Crippen LogP contribution in [0.15, 0.2) is 29.2 Å². The van der Waals surface area contributed by atoms with E-state index in [4.69, 9.17) is 0 Å². The van der Waals surface area contributed by atoms with Gasteiger partial charge in [0.1, 0.15) is 5.75 Å². The van der Waals surface area contributed by atoms with Crippen molar-refractivity contribution in [2.24, 2.45) is 0 Å². The van der Waals surface area contributed by atoms with Crippen molar-refractivity contribution in [3.63, 3.8) is 0 Å². The Kier molecular flexibility index (Phi) is 6.35. The SMILES string of the molecule is CC(O)CCNC1C[C@H]2CC[C@@H](C1)N2S(=O)(=O)c1ccc(OC(F)F)cc1. The van der Waals surface area contributed by atoms with E-state index in [1.807, 2.05) is 0 Å². The number of fused-ring (bicyclic) bond motifs is 2. The van der Waals surface area contributed by atoms with Gasteiger partial charge in [0.05, 0.1) is 11.0 Å². The first-order valence-electron chi connectivity index (χ1n) is 9.27. The predicted molar refractivity (Wildman–Crippen MR) is 96.2 cm³/mol. The molecule has 0 spiro atoms. The van der Waals surface area contributed by atoms with Crippen LogP contribution in [0.2, 0.25) is 0 Å². The Morgan fingerprint density at radius 3 is 2.33 bits per heavy atom. The summed E-state index contributed by atoms with van der Waals surface area (Å²) in [5.74, 6) is -0.0621. The Balaban J connectivity index is 1.67. The number of alkyl halides is 2. The lowest BCUT2D eigenvalue weighted by Gasteiger charge is -2.38. The number of sulfonamides is 1. The maximum Gasteiger partial charge on any atom is 0.387 e. The van der Waals surface area contributed by atoms with Crippen molar-refractivity contribution >= 4 is 10.0 Å². The molecule has 6 nitrogen and oxygen atoms in total. The summed E-state index contributed by atoms with van der Waals surface area (Å²) in [5.41, 5.74) is 0. The average Bonchev–Trinajstić information content (AvgIpc) is 2.87. The molecule has 0 amide bonds. The maximum atomic E-state index is 13.1. The van der Waals surface area contributed by atoms with Gasteiger partial charge >= 0.3 is 6.61 Å². The van der Waals surface area contributed by atoms with Crippen molar-refractivity contribution in [3.05, 3.63) is 24.3 Å². The number of nitrogens with one attached hydrogen (secondary N) is 1. The first-order valence-corrected chi connectivity index (χ1v) is 10.7. The van der Waals surface area contributed by atoms with Gasteiger partial charge in [-0.3, -0.25) is 0 Å². The molecule has 0 aliphatic carbocycles. The van der Waals surface area contributed by atoms with Crippen LogP contribution in [-0.2, 0) is 10.0 Å². The lowest BCUT2D eigenvalue weighted by Crippen LogP contribution is -2.51. The lowest BCUT2D eigenvalue weighted by atomic mass is 9.99. The molecule has 9 heteroatoms. The molecular formula is C18H26F2N2O4S. The fourth-order valence-corrected chi connectivity index (χ4v) is 6.00. The fourth-order valence-electron chi connectivity index (χ4n) is 4.10. The number of rotatable bonds is 8. The van der Waals surface area contributed by atoms with E-state index in [1.54, 1.807) is 11.2 Å². The van der Waals surface area contributed by atoms with Crippen LogP contribution in [-0.4, -0.2) is 55.2 Å². The van der Waals surface area contributed by atoms with Crippen LogP contribution in [0, 0.1) is 0 Å². The van der Waals surface area contributed by atoms with Gasteiger partial charge in [-0.15, -0.1) is 0 Å². The summed E-state index contributed by atoms with van der Waals surface area (Å²) in [7, 11) is -3.68. The predicted octanol–water partition coefficient (Wildman–Crippen LogP) is 2.33. The molecule has 2 unspecified atom stereocenters. The van der Waals surface area contributed by atoms with E-state index in [-0.39, 0.29) is 34.9 Å². The molecule has 2 aliphatic rings. The highest BCUT2D eigenvalue weighted by Crippen LogP contribution is 2.40. The minimum Gasteiger partial charge on any atom is -0.435 e. The molecule has 2 aliphatic heterocycles. The molecule has 0 radical (unpaired) electrons. The first-order chi connectivity index (χ1) is 12.8. The van der Waals surface area contributed by atoms with Crippen molar-refractivity contribution in [1.82, 2.24) is 9.62 Å². The summed E-state index contributed by atoms with van der Waals surface area (Å²) in [5, 5.41) is 12.8. The van der Waals surface area contributed by atoms with Crippen LogP contribution >= 0.6 is 0 Å². The molecule has 4 atom stereocenters. The number of nitrogens with zero attached hydrogens (tertiary/aromatic N) is 1. The number of aliphatic hydroxyl groups excluding tert-OH is 1. The average molecular weight is 404 g/mol. The Bertz CT molecular complexity index is 713. The number of halogens is 2. The van der Waals surface area contributed by atoms with Crippen LogP contribution in [0.4, 0.5) is 8.78 Å². The Labute approximate surface area is 158 Å². The van der Waals surface area contributed by atoms with Crippen LogP contribution in [0.5, 0.6) is 5.75 Å². The molecule has 0 aromatic heterocycles. The van der Waals surface area contributed by atoms with Crippen molar-refractivity contribution < 1.29 is 27.0 Å². The Morgan fingerprint density at radius 1 is 1.22 bits per heavy atom. The summed E-state index contributed by atoms with van der Waals surface area (Å²) in [6, 6.07) is 5.27. The molecule has 2 heterocycles. The van der Waals surface area contributed by atoms with E-state index in [1.165, 1.54) is 24.3 Å². The van der Waals surface area contributed by atoms with Gasteiger partial charge in [-0.05, 0) is 69.8 Å². The van der Waals surface area contributed by atoms with Gasteiger partial charge < -0.3 is 15.2 Å². The van der Waals surface area contributed by atoms with Gasteiger partial charge in [0, 0.05) is 18.1 Å². The molecule has 1 aromatic rings. The Morgan fingerprint density at radius 2 is 1.81 bits per heavy atom. The highest BCUT2D eigenvalue weighted by molar-refractivity contribution is 7.89. The number of benzene rings is 1. The second-order valence-electron chi connectivity index (χ2n) is 7.33. The van der Waals surface area contributed by atoms with Crippen molar-refractivity contribution in [1.29, 1.82) is 0 Å². The molecule has 2 saturated heterocycles. The standard InChI is InChI=1S/C18H26F2N2O4S/c1-12(23)8-9-21-13-10-14-2-3-15(11-13)22(14)27(24,25)17-6-4-16(5-7-17)26-18(19)20/h4-7,12-15,18,21,23H,2-3,8-11H2,1H3/t12?,13?,14-,15+. The number of ether oxygens (including phenoxy) is 1. The van der Waals surface area contributed by atoms with E-state index in [9.17, 15) is 22.3 Å². The normalized spacial score (nSPS) is 27.1. The summed E-state index contributed by atoms with van der Waals surface area (Å²) in [6.07, 6.45) is 3.44. The topological polar surface area (TPSA) is 78.9 Å². The number of aliphatic hydroxyl groups is 1. The number of hydrogen-bond donors (Lipinski definition) is 2. The van der Waals surface area contributed by atoms with E-state index >= 15 is 0 Å². The van der Waals surface area contributed by atoms with Crippen LogP contribution in [0.1, 0.15) is 39.0 Å². The molecule has 152 valence electrons. The lowest BCUT2D eigenvalue weighted by molar-refractivity contribution is -0.0498. The van der Waals surface area contributed by atoms with Gasteiger partial charge in [0.25, 0.3) is 0 Å². The monoisotopic (exact) mass is 404 g/mol. The third-order valence-corrected chi connectivity index (χ3v) is 7.30. The molecule has 0 saturated carbocycles. The summed E-state index contributed by atoms with van der Waals surface area (Å²) in [4.78, 5) is 0.0986. The highest BCUT2D eigenvalue weighted by Gasteiger charge is 2.47. The van der Waals surface area contributed by atoms with Gasteiger partial charge in [0.15, 0.2) is 0 Å². The van der Waals surface area contributed by atoms with Gasteiger partial charge in [-0.1, -0.05) is 0 Å². The number of piperidine rings is 1. The third kappa shape index (κ3) is 4.77. The van der Waals surface area contributed by atoms with E-state index < -0.39 is 16.6 Å². The largest absolute Gasteiger partial charge is 0.435 e. The zero-order valence-corrected chi connectivity index (χ0v) is 16.0. The summed E-state index contributed by atoms with van der Waals surface area (Å²) < 4.78 is 56.5. The fraction of sp³-hybridized carbons (Fsp3) is 0.667. The molecule has 2 fully saturated rings. The molecule has 27 heavy (non-hydrogen) atoms. The Hall–Kier alpha value is -1.29. The van der Waals surface area contributed by atoms with Crippen molar-refractivity contribution in [2.45, 2.75) is 74.8 Å². The van der Waals surface area contributed by atoms with Crippen molar-refractivity contribution in [3.8, 4) is 5.75 Å². The van der Waals surface area contributed by atoms with Crippen LogP contribution in [0.25, 0.3) is 0 Å². The summed E-state index contributed by atoms with van der Waals surface area (Å²) in [6.45, 7) is -0.484. The van der Waals surface area contributed by atoms with Gasteiger partial charge in [0.2, 0.25) is 10.0 Å². The minimum absolute atomic E-state index is 0.0604. The number of hydrogen-bond acceptors (Lipinski definition) is 5. The van der Waals surface area contributed by atoms with Gasteiger partial charge in [-0.2, -0.15) is 13.1 Å². The van der Waals surface area contributed by atoms with Crippen LogP contribution < -0.4 is 10.1 Å². The van der Waals surface area contributed by atoms with E-state index in [0.29, 0.717) is 13.0 Å². The smallest absolute Gasteiger partial charge is 0.387 e. The van der Waals surface area contributed by atoms with E-state index in [2.05, 4.69) is 10.1 Å². The van der Waals surface area contributed by atoms with Gasteiger partial charge in [-0.25, -0.2) is 8.42 Å². The molecule has 2 N–H and O–H groups in total. The van der Waals surface area contributed by atoms with Crippen LogP contribution in [0.3, 0.4) is 0 Å². The molecule has 3 rings (SSSR count). The quantitative estimate of drug-likeness (QED) is 0.695.